The predicted molar refractivity (Wildman–Crippen MR) is 103 cm³/mol. The Bertz CT molecular complexity index is 401. The van der Waals surface area contributed by atoms with Crippen molar-refractivity contribution in [3.63, 3.8) is 0 Å². The van der Waals surface area contributed by atoms with Gasteiger partial charge in [-0.05, 0) is 38.3 Å². The fourth-order valence-electron chi connectivity index (χ4n) is 0.589. The molecule has 0 aliphatic heterocycles. The van der Waals surface area contributed by atoms with Gasteiger partial charge in [-0.15, -0.1) is 6.58 Å². The van der Waals surface area contributed by atoms with Gasteiger partial charge in [0.2, 0.25) is 0 Å². The summed E-state index contributed by atoms with van der Waals surface area (Å²) in [4.78, 5) is 10.0. The van der Waals surface area contributed by atoms with Crippen molar-refractivity contribution in [2.75, 3.05) is 0 Å². The average Bonchev–Trinajstić information content (AvgIpc) is 2.50. The van der Waals surface area contributed by atoms with Crippen molar-refractivity contribution in [3.05, 3.63) is 66.8 Å². The minimum absolute atomic E-state index is 0.0648. The molecule has 0 aromatic heterocycles. The quantitative estimate of drug-likeness (QED) is 0.440. The molecule has 1 aromatic carbocycles. The van der Waals surface area contributed by atoms with Gasteiger partial charge in [-0.25, -0.2) is 0 Å². The Labute approximate surface area is 138 Å². The Morgan fingerprint density at radius 3 is 1.45 bits per heavy atom. The minimum Gasteiger partial charge on any atom is -0.295 e. The number of carbonyl (C=O) groups excluding carboxylic acids is 1. The Morgan fingerprint density at radius 1 is 1.00 bits per heavy atom. The molecule has 0 atom stereocenters. The van der Waals surface area contributed by atoms with E-state index >= 15 is 0 Å². The van der Waals surface area contributed by atoms with Crippen LogP contribution < -0.4 is 0 Å². The third-order valence-corrected chi connectivity index (χ3v) is 2.24. The molecule has 1 heteroatoms. The van der Waals surface area contributed by atoms with Gasteiger partial charge in [0.1, 0.15) is 0 Å². The highest BCUT2D eigenvalue weighted by molar-refractivity contribution is 5.91. The highest BCUT2D eigenvalue weighted by Gasteiger charge is 1.85. The first-order valence-corrected chi connectivity index (χ1v) is 7.74. The molecule has 124 valence electrons. The maximum Gasteiger partial charge on any atom is 0.154 e. The fourth-order valence-corrected chi connectivity index (χ4v) is 0.589. The van der Waals surface area contributed by atoms with Gasteiger partial charge in [-0.3, -0.25) is 4.79 Å². The molecule has 0 spiro atoms. The molecule has 0 fully saturated rings. The van der Waals surface area contributed by atoms with Crippen molar-refractivity contribution in [2.45, 2.75) is 54.4 Å². The lowest BCUT2D eigenvalue weighted by molar-refractivity contribution is -0.113. The van der Waals surface area contributed by atoms with Gasteiger partial charge in [0.15, 0.2) is 5.78 Å². The molecule has 0 amide bonds. The van der Waals surface area contributed by atoms with E-state index in [1.54, 1.807) is 6.92 Å². The molecule has 0 aliphatic rings. The van der Waals surface area contributed by atoms with E-state index in [4.69, 9.17) is 0 Å². The Morgan fingerprint density at radius 2 is 1.32 bits per heavy atom. The van der Waals surface area contributed by atoms with Crippen molar-refractivity contribution in [2.24, 2.45) is 0 Å². The summed E-state index contributed by atoms with van der Waals surface area (Å²) in [6.07, 6.45) is 4.19. The minimum atomic E-state index is 0.0648. The number of rotatable bonds is 3. The van der Waals surface area contributed by atoms with E-state index in [0.29, 0.717) is 5.57 Å². The molecular formula is C21H34O. The van der Waals surface area contributed by atoms with Gasteiger partial charge in [-0.1, -0.05) is 82.3 Å². The van der Waals surface area contributed by atoms with E-state index in [1.165, 1.54) is 24.5 Å². The Balaban J connectivity index is -0.000000233. The summed E-state index contributed by atoms with van der Waals surface area (Å²) in [5, 5.41) is 0. The van der Waals surface area contributed by atoms with Gasteiger partial charge in [0.05, 0.1) is 0 Å². The van der Waals surface area contributed by atoms with Gasteiger partial charge in [0.25, 0.3) is 0 Å². The summed E-state index contributed by atoms with van der Waals surface area (Å²) < 4.78 is 0. The van der Waals surface area contributed by atoms with Crippen LogP contribution in [0.1, 0.15) is 59.9 Å². The number of hydrogen-bond donors (Lipinski definition) is 0. The van der Waals surface area contributed by atoms with Crippen LogP contribution in [0.25, 0.3) is 6.08 Å². The first-order chi connectivity index (χ1) is 10.3. The molecule has 0 N–H and O–H groups in total. The molecule has 0 saturated carbocycles. The number of allylic oxidation sites excluding steroid dienone is 2. The van der Waals surface area contributed by atoms with E-state index in [9.17, 15) is 4.79 Å². The average molecular weight is 303 g/mol. The molecule has 0 saturated heterocycles. The topological polar surface area (TPSA) is 17.1 Å². The van der Waals surface area contributed by atoms with Gasteiger partial charge >= 0.3 is 0 Å². The van der Waals surface area contributed by atoms with Gasteiger partial charge < -0.3 is 0 Å². The van der Waals surface area contributed by atoms with E-state index in [2.05, 4.69) is 40.5 Å². The zero-order valence-electron chi connectivity index (χ0n) is 15.4. The van der Waals surface area contributed by atoms with Crippen LogP contribution in [0, 0.1) is 0 Å². The van der Waals surface area contributed by atoms with Crippen LogP contribution in [0.3, 0.4) is 0 Å². The van der Waals surface area contributed by atoms with E-state index in [1.807, 2.05) is 43.3 Å². The highest BCUT2D eigenvalue weighted by atomic mass is 16.1. The second kappa shape index (κ2) is 19.1. The van der Waals surface area contributed by atoms with Crippen LogP contribution in [0.15, 0.2) is 61.2 Å². The van der Waals surface area contributed by atoms with Crippen LogP contribution >= 0.6 is 0 Å². The van der Waals surface area contributed by atoms with Crippen LogP contribution in [0.2, 0.25) is 0 Å². The summed E-state index contributed by atoms with van der Waals surface area (Å²) in [6, 6.07) is 10.0. The summed E-state index contributed by atoms with van der Waals surface area (Å²) in [5.41, 5.74) is 3.05. The molecule has 1 nitrogen and oxygen atoms in total. The largest absolute Gasteiger partial charge is 0.295 e. The highest BCUT2D eigenvalue weighted by Crippen LogP contribution is 1.97. The number of Topliss-reactive ketones (excluding diaryl/α,β-unsaturated/α-hetero) is 1. The molecule has 0 unspecified atom stereocenters. The van der Waals surface area contributed by atoms with Gasteiger partial charge in [0, 0.05) is 0 Å². The Kier molecular flexibility index (Phi) is 21.8. The molecular weight excluding hydrogens is 268 g/mol. The number of benzene rings is 1. The predicted octanol–water partition coefficient (Wildman–Crippen LogP) is 6.87. The molecule has 1 rings (SSSR count). The third-order valence-electron chi connectivity index (χ3n) is 2.24. The normalized spacial score (nSPS) is 7.73. The second-order valence-electron chi connectivity index (χ2n) is 4.97. The van der Waals surface area contributed by atoms with Crippen molar-refractivity contribution in [3.8, 4) is 0 Å². The number of ketones is 1. The van der Waals surface area contributed by atoms with Crippen LogP contribution in [0.5, 0.6) is 0 Å². The smallest absolute Gasteiger partial charge is 0.154 e. The summed E-state index contributed by atoms with van der Waals surface area (Å²) in [6.45, 7) is 22.3. The first-order valence-electron chi connectivity index (χ1n) is 7.74. The molecule has 22 heavy (non-hydrogen) atoms. The van der Waals surface area contributed by atoms with Crippen molar-refractivity contribution in [1.82, 2.24) is 0 Å². The van der Waals surface area contributed by atoms with Crippen LogP contribution in [0.4, 0.5) is 0 Å². The lowest BCUT2D eigenvalue weighted by Gasteiger charge is -1.85. The second-order valence-corrected chi connectivity index (χ2v) is 4.97. The number of carbonyl (C=O) groups is 1. The standard InChI is InChI=1S/C8H8.C5H8O.C5H10.C3H8/c1-2-8-6-4-3-5-7-8;1-4(2)5(3)6;1-4-5(2)3;1-3-2/h2-7H,1H2;1H2,2-3H3;2,4H2,1,3H3;3H2,1-2H3. The van der Waals surface area contributed by atoms with Crippen LogP contribution in [-0.2, 0) is 4.79 Å². The van der Waals surface area contributed by atoms with Gasteiger partial charge in [-0.2, -0.15) is 0 Å². The molecule has 1 aromatic rings. The molecule has 0 bridgehead atoms. The zero-order chi connectivity index (χ0) is 18.0. The van der Waals surface area contributed by atoms with Crippen molar-refractivity contribution < 1.29 is 4.79 Å². The van der Waals surface area contributed by atoms with E-state index < -0.39 is 0 Å². The Hall–Kier alpha value is -1.89. The monoisotopic (exact) mass is 302 g/mol. The lowest BCUT2D eigenvalue weighted by Crippen LogP contribution is -1.86. The number of hydrogen-bond acceptors (Lipinski definition) is 1. The third kappa shape index (κ3) is 26.6. The van der Waals surface area contributed by atoms with Crippen LogP contribution in [-0.4, -0.2) is 5.78 Å². The summed E-state index contributed by atoms with van der Waals surface area (Å²) in [7, 11) is 0. The summed E-state index contributed by atoms with van der Waals surface area (Å²) in [5.74, 6) is 0.0648. The van der Waals surface area contributed by atoms with Crippen molar-refractivity contribution >= 4 is 11.9 Å². The van der Waals surface area contributed by atoms with Crippen molar-refractivity contribution in [1.29, 1.82) is 0 Å². The SMILES string of the molecule is C=C(C)C(C)=O.C=C(C)CC.C=Cc1ccccc1.CCC. The molecule has 0 radical (unpaired) electrons. The van der Waals surface area contributed by atoms with E-state index in [0.717, 1.165) is 6.42 Å². The maximum atomic E-state index is 10.0. The van der Waals surface area contributed by atoms with E-state index in [-0.39, 0.29) is 5.78 Å². The lowest BCUT2D eigenvalue weighted by atomic mass is 10.2. The fraction of sp³-hybridized carbons (Fsp3) is 0.381. The maximum absolute atomic E-state index is 10.0. The molecule has 0 aliphatic carbocycles. The zero-order valence-corrected chi connectivity index (χ0v) is 15.4. The molecule has 0 heterocycles. The first kappa shape index (κ1) is 25.1. The summed E-state index contributed by atoms with van der Waals surface area (Å²) >= 11 is 0.